The fourth-order valence-electron chi connectivity index (χ4n) is 8.94. The molecule has 288 valence electrons. The van der Waals surface area contributed by atoms with Crippen molar-refractivity contribution >= 4 is 39.0 Å². The lowest BCUT2D eigenvalue weighted by Crippen LogP contribution is -2.21. The van der Waals surface area contributed by atoms with Crippen molar-refractivity contribution in [2.75, 3.05) is 4.90 Å². The van der Waals surface area contributed by atoms with Crippen LogP contribution in [-0.2, 0) is 10.8 Å². The van der Waals surface area contributed by atoms with E-state index < -0.39 is 0 Å². The van der Waals surface area contributed by atoms with Gasteiger partial charge in [0.15, 0.2) is 0 Å². The third-order valence-electron chi connectivity index (χ3n) is 12.8. The Balaban J connectivity index is 1.20. The summed E-state index contributed by atoms with van der Waals surface area (Å²) in [5.41, 5.74) is 18.7. The molecule has 0 saturated carbocycles. The van der Waals surface area contributed by atoms with Gasteiger partial charge in [-0.15, -0.1) is 0 Å². The van der Waals surface area contributed by atoms with Crippen LogP contribution in [0.4, 0.5) is 17.1 Å². The first-order valence-electron chi connectivity index (χ1n) is 20.8. The zero-order chi connectivity index (χ0) is 40.6. The molecule has 0 saturated heterocycles. The molecule has 58 heavy (non-hydrogen) atoms. The van der Waals surface area contributed by atoms with Crippen molar-refractivity contribution < 1.29 is 0 Å². The second-order valence-corrected chi connectivity index (χ2v) is 17.2. The molecule has 0 spiro atoms. The zero-order valence-corrected chi connectivity index (χ0v) is 35.2. The second kappa shape index (κ2) is 15.6. The summed E-state index contributed by atoms with van der Waals surface area (Å²) in [4.78, 5) is 2.45. The van der Waals surface area contributed by atoms with Crippen LogP contribution >= 0.6 is 0 Å². The van der Waals surface area contributed by atoms with E-state index >= 15 is 0 Å². The van der Waals surface area contributed by atoms with Gasteiger partial charge in [0.25, 0.3) is 0 Å². The van der Waals surface area contributed by atoms with Gasteiger partial charge < -0.3 is 4.90 Å². The van der Waals surface area contributed by atoms with E-state index in [1.807, 2.05) is 0 Å². The van der Waals surface area contributed by atoms with Crippen molar-refractivity contribution in [3.8, 4) is 22.3 Å². The summed E-state index contributed by atoms with van der Waals surface area (Å²) >= 11 is 0. The smallest absolute Gasteiger partial charge is 0.0508 e. The first-order valence-corrected chi connectivity index (χ1v) is 20.8. The molecule has 7 aromatic rings. The van der Waals surface area contributed by atoms with Crippen LogP contribution < -0.4 is 4.90 Å². The van der Waals surface area contributed by atoms with Crippen LogP contribution in [0.2, 0.25) is 0 Å². The van der Waals surface area contributed by atoms with E-state index in [0.717, 1.165) is 24.2 Å². The normalized spacial score (nSPS) is 13.8. The minimum Gasteiger partial charge on any atom is -0.310 e. The molecule has 1 nitrogen and oxygen atoms in total. The van der Waals surface area contributed by atoms with Gasteiger partial charge in [-0.05, 0) is 129 Å². The Bertz CT molecular complexity index is 2590. The molecule has 0 fully saturated rings. The van der Waals surface area contributed by atoms with Gasteiger partial charge in [-0.2, -0.15) is 0 Å². The van der Waals surface area contributed by atoms with Gasteiger partial charge in [0.05, 0.1) is 5.69 Å². The molecule has 0 radical (unpaired) electrons. The number of anilines is 3. The molecular formula is C57H55N. The molecule has 0 atom stereocenters. The van der Waals surface area contributed by atoms with Gasteiger partial charge >= 0.3 is 0 Å². The Morgan fingerprint density at radius 2 is 1.17 bits per heavy atom. The highest BCUT2D eigenvalue weighted by Gasteiger charge is 2.38. The topological polar surface area (TPSA) is 3.24 Å². The molecule has 1 heteroatoms. The highest BCUT2D eigenvalue weighted by Crippen LogP contribution is 2.53. The van der Waals surface area contributed by atoms with Crippen LogP contribution in [0, 0.1) is 0 Å². The van der Waals surface area contributed by atoms with Crippen molar-refractivity contribution in [2.24, 2.45) is 0 Å². The van der Waals surface area contributed by atoms with Gasteiger partial charge in [-0.25, -0.2) is 0 Å². The van der Waals surface area contributed by atoms with Gasteiger partial charge in [0.1, 0.15) is 0 Å². The molecule has 0 aromatic heterocycles. The molecule has 0 bridgehead atoms. The van der Waals surface area contributed by atoms with Crippen LogP contribution in [0.5, 0.6) is 0 Å². The molecule has 0 N–H and O–H groups in total. The summed E-state index contributed by atoms with van der Waals surface area (Å²) in [6, 6.07) is 59.6. The number of allylic oxidation sites excluding steroid dienone is 5. The lowest BCUT2D eigenvalue weighted by molar-refractivity contribution is 0.505. The quantitative estimate of drug-likeness (QED) is 0.127. The predicted octanol–water partition coefficient (Wildman–Crippen LogP) is 16.4. The first kappa shape index (κ1) is 38.7. The molecule has 0 unspecified atom stereocenters. The molecule has 0 amide bonds. The highest BCUT2D eigenvalue weighted by molar-refractivity contribution is 5.97. The van der Waals surface area contributed by atoms with E-state index in [2.05, 4.69) is 223 Å². The number of nitrogens with zero attached hydrogens (tertiary/aromatic N) is 1. The van der Waals surface area contributed by atoms with Crippen molar-refractivity contribution in [1.29, 1.82) is 0 Å². The molecule has 0 heterocycles. The molecule has 0 aliphatic heterocycles. The average Bonchev–Trinajstić information content (AvgIpc) is 3.44. The summed E-state index contributed by atoms with van der Waals surface area (Å²) in [5, 5.41) is 2.56. The Labute approximate surface area is 346 Å². The number of benzene rings is 7. The van der Waals surface area contributed by atoms with Gasteiger partial charge in [0, 0.05) is 16.8 Å². The predicted molar refractivity (Wildman–Crippen MR) is 252 cm³/mol. The molecular weight excluding hydrogens is 699 g/mol. The summed E-state index contributed by atoms with van der Waals surface area (Å²) in [6.45, 7) is 21.2. The fourth-order valence-corrected chi connectivity index (χ4v) is 8.94. The van der Waals surface area contributed by atoms with E-state index in [9.17, 15) is 0 Å². The van der Waals surface area contributed by atoms with Gasteiger partial charge in [-0.3, -0.25) is 0 Å². The molecule has 8 rings (SSSR count). The van der Waals surface area contributed by atoms with Crippen molar-refractivity contribution in [2.45, 2.75) is 72.1 Å². The minimum absolute atomic E-state index is 0.0411. The van der Waals surface area contributed by atoms with E-state index in [4.69, 9.17) is 6.58 Å². The van der Waals surface area contributed by atoms with Crippen LogP contribution in [0.1, 0.15) is 83.6 Å². The largest absolute Gasteiger partial charge is 0.310 e. The lowest BCUT2D eigenvalue weighted by atomic mass is 9.76. The highest BCUT2D eigenvalue weighted by atomic mass is 15.1. The Morgan fingerprint density at radius 3 is 1.74 bits per heavy atom. The Hall–Kier alpha value is -6.18. The number of rotatable bonds is 11. The minimum atomic E-state index is -0.199. The molecule has 1 aliphatic carbocycles. The number of fused-ring (bicyclic) bond motifs is 2. The maximum absolute atomic E-state index is 4.78. The number of hydrogen-bond acceptors (Lipinski definition) is 1. The van der Waals surface area contributed by atoms with E-state index in [1.165, 1.54) is 83.3 Å². The maximum Gasteiger partial charge on any atom is 0.0508 e. The third-order valence-corrected chi connectivity index (χ3v) is 12.8. The lowest BCUT2D eigenvalue weighted by Gasteiger charge is -2.33. The number of hydrogen-bond donors (Lipinski definition) is 0. The van der Waals surface area contributed by atoms with Gasteiger partial charge in [0.2, 0.25) is 0 Å². The van der Waals surface area contributed by atoms with Crippen molar-refractivity contribution in [1.82, 2.24) is 0 Å². The fraction of sp³-hybridized carbons (Fsp3) is 0.193. The van der Waals surface area contributed by atoms with Crippen molar-refractivity contribution in [3.05, 3.63) is 210 Å². The van der Waals surface area contributed by atoms with Crippen LogP contribution in [0.15, 0.2) is 188 Å². The van der Waals surface area contributed by atoms with E-state index in [0.29, 0.717) is 0 Å². The monoisotopic (exact) mass is 753 g/mol. The van der Waals surface area contributed by atoms with Crippen LogP contribution in [-0.4, -0.2) is 0 Å². The summed E-state index contributed by atoms with van der Waals surface area (Å²) in [6.07, 6.45) is 4.31. The van der Waals surface area contributed by atoms with Crippen molar-refractivity contribution in [3.63, 3.8) is 0 Å². The first-order chi connectivity index (χ1) is 28.0. The van der Waals surface area contributed by atoms with E-state index in [1.54, 1.807) is 0 Å². The SMILES string of the molecule is C=C(C/C(C)=C\C1=C(C)C(C)(C)c2c1cccc2N(c1ccc(-c2ccccc2)cc1)c1ccc(-c2ccccc2)cc1)c1c(C(C)(C)CC)ccc2ccccc12. The summed E-state index contributed by atoms with van der Waals surface area (Å²) in [7, 11) is 0. The Morgan fingerprint density at radius 1 is 0.638 bits per heavy atom. The summed E-state index contributed by atoms with van der Waals surface area (Å²) < 4.78 is 0. The average molecular weight is 754 g/mol. The second-order valence-electron chi connectivity index (χ2n) is 17.2. The standard InChI is InChI=1S/C57H55N/c1-9-56(5,6)52-36-31-46-23-16-17-24-49(46)54(52)40(3)37-39(2)38-51-41(4)57(7,8)55-50(51)25-18-26-53(55)58(47-32-27-44(28-33-47)42-19-12-10-13-20-42)48-34-29-45(30-35-48)43-21-14-11-15-22-43/h10-36,38H,3,9,37H2,1-2,4-8H3/b39-38-. The van der Waals surface area contributed by atoms with Crippen LogP contribution in [0.25, 0.3) is 44.2 Å². The maximum atomic E-state index is 4.78. The molecule has 1 aliphatic rings. The van der Waals surface area contributed by atoms with Crippen LogP contribution in [0.3, 0.4) is 0 Å². The Kier molecular flexibility index (Phi) is 10.4. The van der Waals surface area contributed by atoms with E-state index in [-0.39, 0.29) is 10.8 Å². The van der Waals surface area contributed by atoms with Gasteiger partial charge in [-0.1, -0.05) is 192 Å². The molecule has 7 aromatic carbocycles. The third kappa shape index (κ3) is 7.16. The zero-order valence-electron chi connectivity index (χ0n) is 35.2. The summed E-state index contributed by atoms with van der Waals surface area (Å²) in [5.74, 6) is 0.